The van der Waals surface area contributed by atoms with E-state index >= 15 is 0 Å². The molecule has 3 aromatic rings. The molecule has 0 unspecified atom stereocenters. The monoisotopic (exact) mass is 353 g/mol. The Labute approximate surface area is 148 Å². The molecule has 0 radical (unpaired) electrons. The molecule has 1 heterocycles. The summed E-state index contributed by atoms with van der Waals surface area (Å²) in [6, 6.07) is 15.6. The highest BCUT2D eigenvalue weighted by molar-refractivity contribution is 7.99. The fourth-order valence-electron chi connectivity index (χ4n) is 2.18. The molecule has 0 bridgehead atoms. The van der Waals surface area contributed by atoms with Crippen molar-refractivity contribution in [1.82, 2.24) is 14.8 Å². The molecule has 0 atom stereocenters. The van der Waals surface area contributed by atoms with Crippen LogP contribution in [0.15, 0.2) is 66.1 Å². The smallest absolute Gasteiger partial charge is 0.316 e. The molecule has 0 fully saturated rings. The summed E-state index contributed by atoms with van der Waals surface area (Å²) in [5.74, 6) is 0.187. The number of rotatable bonds is 6. The molecule has 2 aromatic carbocycles. The van der Waals surface area contributed by atoms with E-state index < -0.39 is 6.03 Å². The van der Waals surface area contributed by atoms with Crippen LogP contribution < -0.4 is 11.1 Å². The molecule has 0 aliphatic carbocycles. The van der Waals surface area contributed by atoms with Gasteiger partial charge in [0.05, 0.1) is 5.75 Å². The second-order valence-corrected chi connectivity index (χ2v) is 6.04. The molecule has 126 valence electrons. The highest BCUT2D eigenvalue weighted by Gasteiger charge is 2.11. The maximum Gasteiger partial charge on any atom is 0.316 e. The Kier molecular flexibility index (Phi) is 5.10. The zero-order chi connectivity index (χ0) is 17.6. The van der Waals surface area contributed by atoms with Crippen molar-refractivity contribution in [2.24, 2.45) is 5.73 Å². The van der Waals surface area contributed by atoms with E-state index in [1.807, 2.05) is 34.9 Å². The number of anilines is 1. The number of benzene rings is 2. The Bertz CT molecular complexity index is 878. The Balaban J connectivity index is 1.65. The molecule has 0 saturated heterocycles. The van der Waals surface area contributed by atoms with Gasteiger partial charge in [-0.05, 0) is 36.4 Å². The van der Waals surface area contributed by atoms with Gasteiger partial charge in [0.15, 0.2) is 10.9 Å². The molecule has 8 heteroatoms. The van der Waals surface area contributed by atoms with Crippen LogP contribution in [-0.4, -0.2) is 32.3 Å². The van der Waals surface area contributed by atoms with E-state index in [0.29, 0.717) is 16.4 Å². The van der Waals surface area contributed by atoms with Crippen molar-refractivity contribution >= 4 is 29.3 Å². The predicted octanol–water partition coefficient (Wildman–Crippen LogP) is 2.73. The standard InChI is InChI=1S/C17H15N5O2S/c18-16(24)20-13-8-6-12(7-9-13)15(23)10-25-17-21-19-11-22(17)14-4-2-1-3-5-14/h1-9,11H,10H2,(H3,18,20,24). The van der Waals surface area contributed by atoms with Crippen molar-refractivity contribution in [1.29, 1.82) is 0 Å². The topological polar surface area (TPSA) is 103 Å². The number of carbonyl (C=O) groups is 2. The van der Waals surface area contributed by atoms with Crippen LogP contribution in [0, 0.1) is 0 Å². The molecule has 0 aliphatic heterocycles. The summed E-state index contributed by atoms with van der Waals surface area (Å²) in [6.45, 7) is 0. The van der Waals surface area contributed by atoms with E-state index in [4.69, 9.17) is 5.73 Å². The van der Waals surface area contributed by atoms with Crippen LogP contribution in [0.2, 0.25) is 0 Å². The molecular formula is C17H15N5O2S. The van der Waals surface area contributed by atoms with Gasteiger partial charge >= 0.3 is 6.03 Å². The van der Waals surface area contributed by atoms with Gasteiger partial charge in [0.2, 0.25) is 0 Å². The van der Waals surface area contributed by atoms with Crippen LogP contribution in [-0.2, 0) is 0 Å². The fourth-order valence-corrected chi connectivity index (χ4v) is 3.01. The first kappa shape index (κ1) is 16.7. The third kappa shape index (κ3) is 4.24. The van der Waals surface area contributed by atoms with Gasteiger partial charge in [-0.2, -0.15) is 0 Å². The Morgan fingerprint density at radius 1 is 1.08 bits per heavy atom. The van der Waals surface area contributed by atoms with Crippen LogP contribution in [0.5, 0.6) is 0 Å². The minimum atomic E-state index is -0.644. The Morgan fingerprint density at radius 2 is 1.80 bits per heavy atom. The summed E-state index contributed by atoms with van der Waals surface area (Å²) >= 11 is 1.32. The minimum Gasteiger partial charge on any atom is -0.351 e. The van der Waals surface area contributed by atoms with E-state index in [0.717, 1.165) is 5.69 Å². The molecular weight excluding hydrogens is 338 g/mol. The largest absolute Gasteiger partial charge is 0.351 e. The van der Waals surface area contributed by atoms with Crippen LogP contribution in [0.25, 0.3) is 5.69 Å². The predicted molar refractivity (Wildman–Crippen MR) is 96.1 cm³/mol. The minimum absolute atomic E-state index is 0.0433. The van der Waals surface area contributed by atoms with Gasteiger partial charge in [0.1, 0.15) is 6.33 Å². The quantitative estimate of drug-likeness (QED) is 0.524. The number of amides is 2. The van der Waals surface area contributed by atoms with Gasteiger partial charge in [-0.15, -0.1) is 10.2 Å². The van der Waals surface area contributed by atoms with Crippen LogP contribution in [0.1, 0.15) is 10.4 Å². The number of ketones is 1. The molecule has 2 amide bonds. The van der Waals surface area contributed by atoms with Crippen LogP contribution in [0.4, 0.5) is 10.5 Å². The lowest BCUT2D eigenvalue weighted by molar-refractivity contribution is 0.102. The molecule has 0 aliphatic rings. The first-order valence-corrected chi connectivity index (χ1v) is 8.40. The van der Waals surface area contributed by atoms with Crippen molar-refractivity contribution in [3.63, 3.8) is 0 Å². The Hall–Kier alpha value is -3.13. The fraction of sp³-hybridized carbons (Fsp3) is 0.0588. The third-order valence-corrected chi connectivity index (χ3v) is 4.30. The van der Waals surface area contributed by atoms with Crippen molar-refractivity contribution in [3.8, 4) is 5.69 Å². The summed E-state index contributed by atoms with van der Waals surface area (Å²) in [5.41, 5.74) is 7.08. The number of nitrogens with two attached hydrogens (primary N) is 1. The zero-order valence-corrected chi connectivity index (χ0v) is 13.9. The van der Waals surface area contributed by atoms with Gasteiger partial charge in [0.25, 0.3) is 0 Å². The lowest BCUT2D eigenvalue weighted by Crippen LogP contribution is -2.19. The van der Waals surface area contributed by atoms with Crippen molar-refractivity contribution in [2.45, 2.75) is 5.16 Å². The number of primary amides is 1. The van der Waals surface area contributed by atoms with Gasteiger partial charge in [0, 0.05) is 16.9 Å². The number of nitrogens with one attached hydrogen (secondary N) is 1. The lowest BCUT2D eigenvalue weighted by atomic mass is 10.1. The average molecular weight is 353 g/mol. The maximum absolute atomic E-state index is 12.3. The van der Waals surface area contributed by atoms with Crippen LogP contribution >= 0.6 is 11.8 Å². The molecule has 25 heavy (non-hydrogen) atoms. The molecule has 0 saturated carbocycles. The lowest BCUT2D eigenvalue weighted by Gasteiger charge is -2.06. The summed E-state index contributed by atoms with van der Waals surface area (Å²) in [6.07, 6.45) is 1.62. The Morgan fingerprint density at radius 3 is 2.48 bits per heavy atom. The molecule has 7 nitrogen and oxygen atoms in total. The number of hydrogen-bond donors (Lipinski definition) is 2. The molecule has 0 spiro atoms. The van der Waals surface area contributed by atoms with Crippen molar-refractivity contribution < 1.29 is 9.59 Å². The first-order chi connectivity index (χ1) is 12.1. The van der Waals surface area contributed by atoms with E-state index in [-0.39, 0.29) is 11.5 Å². The zero-order valence-electron chi connectivity index (χ0n) is 13.1. The van der Waals surface area contributed by atoms with E-state index in [1.54, 1.807) is 30.6 Å². The number of nitrogens with zero attached hydrogens (tertiary/aromatic N) is 3. The number of urea groups is 1. The second-order valence-electron chi connectivity index (χ2n) is 5.10. The number of para-hydroxylation sites is 1. The van der Waals surface area contributed by atoms with Gasteiger partial charge in [-0.3, -0.25) is 9.36 Å². The van der Waals surface area contributed by atoms with E-state index in [1.165, 1.54) is 11.8 Å². The third-order valence-electron chi connectivity index (χ3n) is 3.36. The maximum atomic E-state index is 12.3. The second kappa shape index (κ2) is 7.63. The highest BCUT2D eigenvalue weighted by atomic mass is 32.2. The number of carbonyl (C=O) groups excluding carboxylic acids is 2. The van der Waals surface area contributed by atoms with Gasteiger partial charge in [-0.25, -0.2) is 4.79 Å². The van der Waals surface area contributed by atoms with Gasteiger partial charge in [-0.1, -0.05) is 30.0 Å². The molecule has 3 rings (SSSR count). The molecule has 3 N–H and O–H groups in total. The normalized spacial score (nSPS) is 10.4. The van der Waals surface area contributed by atoms with Crippen molar-refractivity contribution in [2.75, 3.05) is 11.1 Å². The first-order valence-electron chi connectivity index (χ1n) is 7.41. The molecule has 1 aromatic heterocycles. The number of hydrogen-bond acceptors (Lipinski definition) is 5. The number of aromatic nitrogens is 3. The SMILES string of the molecule is NC(=O)Nc1ccc(C(=O)CSc2nncn2-c2ccccc2)cc1. The van der Waals surface area contributed by atoms with Crippen molar-refractivity contribution in [3.05, 3.63) is 66.5 Å². The summed E-state index contributed by atoms with van der Waals surface area (Å²) in [5, 5.41) is 11.1. The van der Waals surface area contributed by atoms with Crippen LogP contribution in [0.3, 0.4) is 0 Å². The number of Topliss-reactive ketones (excluding diaryl/α,β-unsaturated/α-hetero) is 1. The summed E-state index contributed by atoms with van der Waals surface area (Å²) in [4.78, 5) is 23.1. The summed E-state index contributed by atoms with van der Waals surface area (Å²) in [7, 11) is 0. The van der Waals surface area contributed by atoms with Gasteiger partial charge < -0.3 is 11.1 Å². The average Bonchev–Trinajstić information content (AvgIpc) is 3.09. The van der Waals surface area contributed by atoms with E-state index in [9.17, 15) is 9.59 Å². The van der Waals surface area contributed by atoms with E-state index in [2.05, 4.69) is 15.5 Å². The summed E-state index contributed by atoms with van der Waals surface area (Å²) < 4.78 is 1.83. The number of thioether (sulfide) groups is 1. The highest BCUT2D eigenvalue weighted by Crippen LogP contribution is 2.21.